The van der Waals surface area contributed by atoms with Crippen molar-refractivity contribution in [1.82, 2.24) is 0 Å². The van der Waals surface area contributed by atoms with Gasteiger partial charge in [-0.2, -0.15) is 13.2 Å². The number of alkyl halides is 3. The third-order valence-corrected chi connectivity index (χ3v) is 5.03. The molecular formula is C20H13F3O4S. The minimum atomic E-state index is -4.63. The predicted molar refractivity (Wildman–Crippen MR) is 97.7 cm³/mol. The first-order valence-electron chi connectivity index (χ1n) is 8.24. The summed E-state index contributed by atoms with van der Waals surface area (Å²) in [5.74, 6) is 0. The fourth-order valence-electron chi connectivity index (χ4n) is 2.86. The summed E-state index contributed by atoms with van der Waals surface area (Å²) >= 11 is 1.42. The number of hydrogen-bond acceptors (Lipinski definition) is 5. The Hall–Kier alpha value is -2.87. The van der Waals surface area contributed by atoms with Crippen molar-refractivity contribution in [3.63, 3.8) is 0 Å². The molecule has 0 saturated carbocycles. The van der Waals surface area contributed by atoms with Gasteiger partial charge >= 0.3 is 11.8 Å². The third kappa shape index (κ3) is 4.01. The molecule has 28 heavy (non-hydrogen) atoms. The zero-order valence-corrected chi connectivity index (χ0v) is 15.1. The highest BCUT2D eigenvalue weighted by molar-refractivity contribution is 8.02. The van der Waals surface area contributed by atoms with E-state index in [4.69, 9.17) is 13.9 Å². The Morgan fingerprint density at radius 1 is 1.00 bits per heavy atom. The van der Waals surface area contributed by atoms with Gasteiger partial charge in [0, 0.05) is 16.3 Å². The second-order valence-corrected chi connectivity index (χ2v) is 7.17. The van der Waals surface area contributed by atoms with Crippen LogP contribution in [0.15, 0.2) is 74.0 Å². The van der Waals surface area contributed by atoms with Crippen molar-refractivity contribution in [3.05, 3.63) is 87.0 Å². The number of fused-ring (bicyclic) bond motifs is 1. The van der Waals surface area contributed by atoms with E-state index in [1.165, 1.54) is 23.9 Å². The molecule has 0 N–H and O–H groups in total. The molecule has 0 saturated heterocycles. The molecule has 1 aromatic heterocycles. The summed E-state index contributed by atoms with van der Waals surface area (Å²) in [4.78, 5) is 12.4. The van der Waals surface area contributed by atoms with Crippen LogP contribution in [0.2, 0.25) is 0 Å². The topological polar surface area (TPSA) is 48.7 Å². The summed E-state index contributed by atoms with van der Waals surface area (Å²) in [6.45, 7) is 0.211. The van der Waals surface area contributed by atoms with Gasteiger partial charge in [0.25, 0.3) is 0 Å². The monoisotopic (exact) mass is 406 g/mol. The van der Waals surface area contributed by atoms with E-state index in [2.05, 4.69) is 0 Å². The molecule has 8 heteroatoms. The molecule has 0 aliphatic carbocycles. The Morgan fingerprint density at radius 2 is 1.75 bits per heavy atom. The maximum Gasteiger partial charge on any atom is 0.417 e. The van der Waals surface area contributed by atoms with Crippen LogP contribution >= 0.6 is 11.8 Å². The highest BCUT2D eigenvalue weighted by atomic mass is 32.2. The van der Waals surface area contributed by atoms with Crippen molar-refractivity contribution in [2.45, 2.75) is 17.5 Å². The van der Waals surface area contributed by atoms with Gasteiger partial charge in [0.2, 0.25) is 6.79 Å². The second kappa shape index (κ2) is 7.27. The molecule has 0 unspecified atom stereocenters. The van der Waals surface area contributed by atoms with Gasteiger partial charge < -0.3 is 13.9 Å². The SMILES string of the molecule is O=c1cc(C(F)(F)F)c2cc(Cc3ccc(SC4=COCO4)cc3)ccc2o1. The van der Waals surface area contributed by atoms with Crippen LogP contribution in [0.3, 0.4) is 0 Å². The van der Waals surface area contributed by atoms with Crippen LogP contribution in [0.4, 0.5) is 13.2 Å². The molecule has 4 nitrogen and oxygen atoms in total. The average molecular weight is 406 g/mol. The van der Waals surface area contributed by atoms with E-state index in [-0.39, 0.29) is 17.8 Å². The minimum Gasteiger partial charge on any atom is -0.461 e. The molecule has 0 atom stereocenters. The second-order valence-electron chi connectivity index (χ2n) is 6.10. The Kier molecular flexibility index (Phi) is 4.80. The summed E-state index contributed by atoms with van der Waals surface area (Å²) < 4.78 is 54.9. The van der Waals surface area contributed by atoms with E-state index in [0.717, 1.165) is 10.5 Å². The van der Waals surface area contributed by atoms with E-state index in [9.17, 15) is 18.0 Å². The number of hydrogen-bond donors (Lipinski definition) is 0. The van der Waals surface area contributed by atoms with Gasteiger partial charge in [-0.3, -0.25) is 0 Å². The van der Waals surface area contributed by atoms with Crippen molar-refractivity contribution in [2.24, 2.45) is 0 Å². The Morgan fingerprint density at radius 3 is 2.43 bits per heavy atom. The number of ether oxygens (including phenoxy) is 2. The molecular weight excluding hydrogens is 393 g/mol. The molecule has 1 aliphatic rings. The maximum atomic E-state index is 13.3. The molecule has 0 amide bonds. The average Bonchev–Trinajstić information content (AvgIpc) is 3.15. The van der Waals surface area contributed by atoms with Crippen molar-refractivity contribution < 1.29 is 27.1 Å². The first-order valence-corrected chi connectivity index (χ1v) is 9.05. The molecule has 1 aliphatic heterocycles. The predicted octanol–water partition coefficient (Wildman–Crippen LogP) is 5.30. The van der Waals surface area contributed by atoms with E-state index >= 15 is 0 Å². The summed E-state index contributed by atoms with van der Waals surface area (Å²) in [5.41, 5.74) is -0.469. The molecule has 0 bridgehead atoms. The Labute approximate surface area is 161 Å². The fraction of sp³-hybridized carbons (Fsp3) is 0.150. The lowest BCUT2D eigenvalue weighted by Gasteiger charge is -2.10. The summed E-state index contributed by atoms with van der Waals surface area (Å²) in [6.07, 6.45) is -2.64. The van der Waals surface area contributed by atoms with Gasteiger partial charge in [0.1, 0.15) is 11.8 Å². The minimum absolute atomic E-state index is 0.0811. The Bertz CT molecular complexity index is 1100. The molecule has 144 valence electrons. The highest BCUT2D eigenvalue weighted by Gasteiger charge is 2.33. The van der Waals surface area contributed by atoms with Crippen molar-refractivity contribution in [3.8, 4) is 0 Å². The lowest BCUT2D eigenvalue weighted by Crippen LogP contribution is -2.11. The van der Waals surface area contributed by atoms with Gasteiger partial charge in [-0.15, -0.1) is 0 Å². The van der Waals surface area contributed by atoms with Crippen LogP contribution in [-0.2, 0) is 22.1 Å². The van der Waals surface area contributed by atoms with E-state index in [1.54, 1.807) is 12.3 Å². The fourth-order valence-corrected chi connectivity index (χ4v) is 3.59. The van der Waals surface area contributed by atoms with E-state index in [0.29, 0.717) is 23.1 Å². The summed E-state index contributed by atoms with van der Waals surface area (Å²) in [6, 6.07) is 12.6. The third-order valence-electron chi connectivity index (χ3n) is 4.11. The van der Waals surface area contributed by atoms with Crippen LogP contribution in [0, 0.1) is 0 Å². The number of rotatable bonds is 4. The lowest BCUT2D eigenvalue weighted by atomic mass is 10.0. The summed E-state index contributed by atoms with van der Waals surface area (Å²) in [7, 11) is 0. The zero-order chi connectivity index (χ0) is 19.7. The van der Waals surface area contributed by atoms with Crippen molar-refractivity contribution in [1.29, 1.82) is 0 Å². The van der Waals surface area contributed by atoms with Gasteiger partial charge in [0.05, 0.1) is 5.56 Å². The number of thioether (sulfide) groups is 1. The first-order chi connectivity index (χ1) is 13.4. The van der Waals surface area contributed by atoms with Crippen LogP contribution in [-0.4, -0.2) is 6.79 Å². The first kappa shape index (κ1) is 18.5. The molecule has 0 radical (unpaired) electrons. The molecule has 2 aromatic carbocycles. The standard InChI is InChI=1S/C20H13F3O4S/c21-20(22,23)16-9-18(24)27-17-6-3-13(8-15(16)17)7-12-1-4-14(5-2-12)28-19-10-25-11-26-19/h1-6,8-10H,7,11H2. The highest BCUT2D eigenvalue weighted by Crippen LogP contribution is 2.34. The smallest absolute Gasteiger partial charge is 0.417 e. The number of benzene rings is 2. The Balaban J connectivity index is 1.59. The van der Waals surface area contributed by atoms with Crippen LogP contribution in [0.25, 0.3) is 11.0 Å². The van der Waals surface area contributed by atoms with E-state index in [1.807, 2.05) is 24.3 Å². The summed E-state index contributed by atoms with van der Waals surface area (Å²) in [5, 5.41) is 0.547. The molecule has 0 fully saturated rings. The normalized spacial score (nSPS) is 13.9. The van der Waals surface area contributed by atoms with Crippen LogP contribution < -0.4 is 5.63 Å². The zero-order valence-electron chi connectivity index (χ0n) is 14.3. The molecule has 3 aromatic rings. The quantitative estimate of drug-likeness (QED) is 0.551. The van der Waals surface area contributed by atoms with E-state index < -0.39 is 17.4 Å². The number of halogens is 3. The molecule has 4 rings (SSSR count). The maximum absolute atomic E-state index is 13.3. The molecule has 2 heterocycles. The van der Waals surface area contributed by atoms with Crippen LogP contribution in [0.1, 0.15) is 16.7 Å². The van der Waals surface area contributed by atoms with Crippen molar-refractivity contribution in [2.75, 3.05) is 6.79 Å². The van der Waals surface area contributed by atoms with Crippen molar-refractivity contribution >= 4 is 22.7 Å². The van der Waals surface area contributed by atoms with Gasteiger partial charge in [0.15, 0.2) is 5.09 Å². The lowest BCUT2D eigenvalue weighted by molar-refractivity contribution is -0.136. The van der Waals surface area contributed by atoms with Gasteiger partial charge in [-0.25, -0.2) is 4.79 Å². The largest absolute Gasteiger partial charge is 0.461 e. The van der Waals surface area contributed by atoms with Gasteiger partial charge in [-0.1, -0.05) is 18.2 Å². The van der Waals surface area contributed by atoms with Gasteiger partial charge in [-0.05, 0) is 53.6 Å². The van der Waals surface area contributed by atoms with Crippen LogP contribution in [0.5, 0.6) is 0 Å². The molecule has 0 spiro atoms.